The molecule has 0 spiro atoms. The van der Waals surface area contributed by atoms with E-state index in [1.165, 1.54) is 0 Å². The van der Waals surface area contributed by atoms with Crippen LogP contribution in [-0.4, -0.2) is 46.1 Å². The third-order valence-electron chi connectivity index (χ3n) is 3.08. The number of pyridine rings is 1. The Morgan fingerprint density at radius 1 is 1.40 bits per heavy atom. The van der Waals surface area contributed by atoms with Gasteiger partial charge in [-0.1, -0.05) is 0 Å². The molecule has 3 N–H and O–H groups in total. The molecular formula is C16H20FN3O5. The van der Waals surface area contributed by atoms with E-state index in [4.69, 9.17) is 10.1 Å². The van der Waals surface area contributed by atoms with Gasteiger partial charge in [0, 0.05) is 18.2 Å². The van der Waals surface area contributed by atoms with Crippen LogP contribution in [-0.2, 0) is 19.1 Å². The van der Waals surface area contributed by atoms with Crippen LogP contribution < -0.4 is 5.32 Å². The minimum atomic E-state index is -1.74. The number of hydrogen-bond donors (Lipinski definition) is 3. The second-order valence-electron chi connectivity index (χ2n) is 5.54. The van der Waals surface area contributed by atoms with Gasteiger partial charge in [-0.15, -0.1) is 0 Å². The van der Waals surface area contributed by atoms with Crippen molar-refractivity contribution in [2.45, 2.75) is 44.9 Å². The van der Waals surface area contributed by atoms with Crippen molar-refractivity contribution in [3.8, 4) is 0 Å². The van der Waals surface area contributed by atoms with E-state index in [-0.39, 0.29) is 18.4 Å². The average molecular weight is 353 g/mol. The topological polar surface area (TPSA) is 129 Å². The van der Waals surface area contributed by atoms with Crippen LogP contribution >= 0.6 is 0 Å². The lowest BCUT2D eigenvalue weighted by Gasteiger charge is -2.20. The summed E-state index contributed by atoms with van der Waals surface area (Å²) in [6.45, 7) is 3.24. The predicted molar refractivity (Wildman–Crippen MR) is 85.3 cm³/mol. The minimum absolute atomic E-state index is 0.0796. The Morgan fingerprint density at radius 3 is 2.64 bits per heavy atom. The van der Waals surface area contributed by atoms with Crippen molar-refractivity contribution in [3.63, 3.8) is 0 Å². The van der Waals surface area contributed by atoms with Gasteiger partial charge in [-0.2, -0.15) is 0 Å². The first-order valence-electron chi connectivity index (χ1n) is 7.57. The van der Waals surface area contributed by atoms with Gasteiger partial charge in [-0.3, -0.25) is 14.6 Å². The van der Waals surface area contributed by atoms with Crippen LogP contribution in [0.15, 0.2) is 18.5 Å². The standard InChI is InChI=1S/C16H20FN3O5/c1-9(2)25-16(24)13(4-3-12(21)6-18)20-15(23)14(22)10-5-11(17)8-19-7-10/h5-9,13-14,18,22H,3-4H2,1-2H3,(H,20,23)/t13-,14+/m0/s1. The minimum Gasteiger partial charge on any atom is -0.461 e. The molecule has 0 aliphatic carbocycles. The summed E-state index contributed by atoms with van der Waals surface area (Å²) in [7, 11) is 0. The predicted octanol–water partition coefficient (Wildman–Crippen LogP) is 0.689. The largest absolute Gasteiger partial charge is 0.461 e. The van der Waals surface area contributed by atoms with E-state index in [0.29, 0.717) is 6.21 Å². The monoisotopic (exact) mass is 353 g/mol. The van der Waals surface area contributed by atoms with Gasteiger partial charge in [0.1, 0.15) is 11.9 Å². The molecule has 1 heterocycles. The van der Waals surface area contributed by atoms with Gasteiger partial charge >= 0.3 is 5.97 Å². The fraction of sp³-hybridized carbons (Fsp3) is 0.438. The van der Waals surface area contributed by atoms with Gasteiger partial charge < -0.3 is 20.6 Å². The smallest absolute Gasteiger partial charge is 0.328 e. The van der Waals surface area contributed by atoms with E-state index in [1.54, 1.807) is 13.8 Å². The zero-order chi connectivity index (χ0) is 19.0. The van der Waals surface area contributed by atoms with Crippen molar-refractivity contribution in [2.24, 2.45) is 0 Å². The Balaban J connectivity index is 2.83. The quantitative estimate of drug-likeness (QED) is 0.442. The van der Waals surface area contributed by atoms with E-state index >= 15 is 0 Å². The summed E-state index contributed by atoms with van der Waals surface area (Å²) in [4.78, 5) is 38.9. The Kier molecular flexibility index (Phi) is 7.80. The van der Waals surface area contributed by atoms with Gasteiger partial charge in [0.25, 0.3) is 5.91 Å². The molecule has 1 rings (SSSR count). The summed E-state index contributed by atoms with van der Waals surface area (Å²) in [6, 6.07) is -0.243. The number of ketones is 1. The van der Waals surface area contributed by atoms with Crippen LogP contribution in [0, 0.1) is 11.2 Å². The lowest BCUT2D eigenvalue weighted by atomic mass is 10.1. The van der Waals surface area contributed by atoms with Crippen molar-refractivity contribution in [1.82, 2.24) is 10.3 Å². The molecule has 0 unspecified atom stereocenters. The highest BCUT2D eigenvalue weighted by Crippen LogP contribution is 2.14. The Morgan fingerprint density at radius 2 is 2.08 bits per heavy atom. The molecule has 0 saturated carbocycles. The van der Waals surface area contributed by atoms with Gasteiger partial charge in [0.15, 0.2) is 11.9 Å². The number of rotatable bonds is 9. The summed E-state index contributed by atoms with van der Waals surface area (Å²) in [5.41, 5.74) is -0.0796. The van der Waals surface area contributed by atoms with Crippen molar-refractivity contribution in [3.05, 3.63) is 29.8 Å². The number of amides is 1. The van der Waals surface area contributed by atoms with Crippen LogP contribution in [0.4, 0.5) is 4.39 Å². The van der Waals surface area contributed by atoms with Crippen molar-refractivity contribution >= 4 is 23.9 Å². The van der Waals surface area contributed by atoms with E-state index in [1.807, 2.05) is 0 Å². The molecule has 1 aromatic heterocycles. The number of carbonyl (C=O) groups is 3. The van der Waals surface area contributed by atoms with Crippen molar-refractivity contribution in [1.29, 1.82) is 5.41 Å². The van der Waals surface area contributed by atoms with Crippen LogP contribution in [0.1, 0.15) is 38.4 Å². The third-order valence-corrected chi connectivity index (χ3v) is 3.08. The van der Waals surface area contributed by atoms with Crippen LogP contribution in [0.25, 0.3) is 0 Å². The molecule has 8 nitrogen and oxygen atoms in total. The number of nitrogens with one attached hydrogen (secondary N) is 2. The lowest BCUT2D eigenvalue weighted by Crippen LogP contribution is -2.44. The summed E-state index contributed by atoms with van der Waals surface area (Å²) in [6.07, 6.45) is 0.213. The van der Waals surface area contributed by atoms with Crippen LogP contribution in [0.2, 0.25) is 0 Å². The SMILES string of the molecule is CC(C)OC(=O)[C@H](CCC(=O)C=N)NC(=O)[C@H](O)c1cncc(F)c1. The summed E-state index contributed by atoms with van der Waals surface area (Å²) in [5, 5.41) is 19.1. The van der Waals surface area contributed by atoms with E-state index in [0.717, 1.165) is 18.5 Å². The highest BCUT2D eigenvalue weighted by molar-refractivity contribution is 6.26. The number of Topliss-reactive ketones (excluding diaryl/α,β-unsaturated/α-hetero) is 1. The van der Waals surface area contributed by atoms with Crippen LogP contribution in [0.3, 0.4) is 0 Å². The summed E-state index contributed by atoms with van der Waals surface area (Å²) < 4.78 is 18.1. The van der Waals surface area contributed by atoms with Gasteiger partial charge in [0.05, 0.1) is 18.5 Å². The van der Waals surface area contributed by atoms with E-state index in [2.05, 4.69) is 10.3 Å². The van der Waals surface area contributed by atoms with Gasteiger partial charge in [-0.25, -0.2) is 9.18 Å². The van der Waals surface area contributed by atoms with Crippen molar-refractivity contribution < 1.29 is 28.6 Å². The average Bonchev–Trinajstić information content (AvgIpc) is 2.56. The highest BCUT2D eigenvalue weighted by Gasteiger charge is 2.27. The molecule has 0 fully saturated rings. The molecular weight excluding hydrogens is 333 g/mol. The van der Waals surface area contributed by atoms with Crippen LogP contribution in [0.5, 0.6) is 0 Å². The lowest BCUT2D eigenvalue weighted by molar-refractivity contribution is -0.152. The highest BCUT2D eigenvalue weighted by atomic mass is 19.1. The molecule has 0 aromatic carbocycles. The molecule has 136 valence electrons. The maximum Gasteiger partial charge on any atom is 0.328 e. The third kappa shape index (κ3) is 6.76. The van der Waals surface area contributed by atoms with E-state index < -0.39 is 41.7 Å². The number of aliphatic hydroxyl groups is 1. The number of hydrogen-bond acceptors (Lipinski definition) is 7. The first kappa shape index (κ1) is 20.4. The first-order chi connectivity index (χ1) is 11.7. The zero-order valence-electron chi connectivity index (χ0n) is 13.9. The molecule has 2 atom stereocenters. The van der Waals surface area contributed by atoms with Crippen molar-refractivity contribution in [2.75, 3.05) is 0 Å². The molecule has 1 amide bonds. The Bertz CT molecular complexity index is 650. The Labute approximate surface area is 143 Å². The maximum atomic E-state index is 13.1. The Hall–Kier alpha value is -2.68. The fourth-order valence-corrected chi connectivity index (χ4v) is 1.90. The fourth-order valence-electron chi connectivity index (χ4n) is 1.90. The number of aliphatic hydroxyl groups excluding tert-OH is 1. The zero-order valence-corrected chi connectivity index (χ0v) is 13.9. The molecule has 0 bridgehead atoms. The second-order valence-corrected chi connectivity index (χ2v) is 5.54. The summed E-state index contributed by atoms with van der Waals surface area (Å²) in [5.74, 6) is -2.98. The van der Waals surface area contributed by atoms with Gasteiger partial charge in [-0.05, 0) is 26.3 Å². The van der Waals surface area contributed by atoms with E-state index in [9.17, 15) is 23.9 Å². The number of ether oxygens (including phenoxy) is 1. The number of halogens is 1. The number of esters is 1. The number of nitrogens with zero attached hydrogens (tertiary/aromatic N) is 1. The molecule has 1 aromatic rings. The maximum absolute atomic E-state index is 13.1. The molecule has 0 aliphatic rings. The first-order valence-corrected chi connectivity index (χ1v) is 7.57. The molecule has 25 heavy (non-hydrogen) atoms. The molecule has 0 radical (unpaired) electrons. The normalized spacial score (nSPS) is 13.0. The number of aromatic nitrogens is 1. The number of carbonyl (C=O) groups excluding carboxylic acids is 3. The molecule has 0 saturated heterocycles. The van der Waals surface area contributed by atoms with Gasteiger partial charge in [0.2, 0.25) is 0 Å². The second kappa shape index (κ2) is 9.58. The molecule has 0 aliphatic heterocycles. The summed E-state index contributed by atoms with van der Waals surface area (Å²) >= 11 is 0. The molecule has 9 heteroatoms.